The van der Waals surface area contributed by atoms with Gasteiger partial charge in [-0.2, -0.15) is 0 Å². The molecule has 0 aliphatic carbocycles. The van der Waals surface area contributed by atoms with Gasteiger partial charge in [0.05, 0.1) is 11.7 Å². The highest BCUT2D eigenvalue weighted by Gasteiger charge is 2.47. The molecule has 0 bridgehead atoms. The zero-order valence-corrected chi connectivity index (χ0v) is 20.2. The Morgan fingerprint density at radius 3 is 2.47 bits per heavy atom. The fraction of sp³-hybridized carbons (Fsp3) is 0.346. The number of rotatable bonds is 9. The first-order chi connectivity index (χ1) is 16.2. The average molecular weight is 485 g/mol. The van der Waals surface area contributed by atoms with Gasteiger partial charge in [0, 0.05) is 35.0 Å². The van der Waals surface area contributed by atoms with Gasteiger partial charge in [-0.25, -0.2) is 9.59 Å². The van der Waals surface area contributed by atoms with E-state index in [1.54, 1.807) is 6.20 Å². The smallest absolute Gasteiger partial charge is 0.345 e. The Morgan fingerprint density at radius 1 is 1.15 bits per heavy atom. The first kappa shape index (κ1) is 25.5. The van der Waals surface area contributed by atoms with E-state index in [9.17, 15) is 19.5 Å². The maximum atomic E-state index is 13.5. The zero-order valence-electron chi connectivity index (χ0n) is 19.4. The van der Waals surface area contributed by atoms with Gasteiger partial charge in [-0.15, -0.1) is 0 Å². The number of aromatic nitrogens is 1. The number of hydrogen-bond acceptors (Lipinski definition) is 5. The van der Waals surface area contributed by atoms with Crippen LogP contribution in [0.2, 0.25) is 5.02 Å². The van der Waals surface area contributed by atoms with Gasteiger partial charge in [0.2, 0.25) is 5.91 Å². The second kappa shape index (κ2) is 10.8. The highest BCUT2D eigenvalue weighted by molar-refractivity contribution is 6.30. The van der Waals surface area contributed by atoms with Crippen molar-refractivity contribution in [1.82, 2.24) is 10.3 Å². The number of nitrogens with one attached hydrogen (secondary N) is 2. The Kier molecular flexibility index (Phi) is 8.12. The first-order valence-corrected chi connectivity index (χ1v) is 11.6. The van der Waals surface area contributed by atoms with Crippen LogP contribution in [0.4, 0.5) is 0 Å². The van der Waals surface area contributed by atoms with E-state index in [2.05, 4.69) is 10.3 Å². The highest BCUT2D eigenvalue weighted by Crippen LogP contribution is 2.38. The molecule has 0 aliphatic heterocycles. The molecule has 0 saturated carbocycles. The zero-order chi connectivity index (χ0) is 24.9. The van der Waals surface area contributed by atoms with Crippen molar-refractivity contribution in [3.05, 3.63) is 70.9 Å². The van der Waals surface area contributed by atoms with Crippen LogP contribution in [0.1, 0.15) is 61.9 Å². The number of ether oxygens (including phenoxy) is 1. The highest BCUT2D eigenvalue weighted by atomic mass is 35.5. The third-order valence-electron chi connectivity index (χ3n) is 5.95. The van der Waals surface area contributed by atoms with Crippen LogP contribution in [-0.4, -0.2) is 39.6 Å². The van der Waals surface area contributed by atoms with E-state index in [4.69, 9.17) is 16.3 Å². The van der Waals surface area contributed by atoms with E-state index in [0.717, 1.165) is 22.9 Å². The van der Waals surface area contributed by atoms with Gasteiger partial charge in [-0.3, -0.25) is 4.79 Å². The Hall–Kier alpha value is -3.16. The van der Waals surface area contributed by atoms with Crippen molar-refractivity contribution >= 4 is 40.3 Å². The summed E-state index contributed by atoms with van der Waals surface area (Å²) in [4.78, 5) is 41.6. The van der Waals surface area contributed by atoms with E-state index in [-0.39, 0.29) is 12.0 Å². The minimum absolute atomic E-state index is 0.151. The summed E-state index contributed by atoms with van der Waals surface area (Å²) in [6, 6.07) is 13.5. The minimum Gasteiger partial charge on any atom is -0.393 e. The van der Waals surface area contributed by atoms with Crippen molar-refractivity contribution in [1.29, 1.82) is 0 Å². The first-order valence-electron chi connectivity index (χ1n) is 11.2. The van der Waals surface area contributed by atoms with Gasteiger partial charge in [0.1, 0.15) is 5.54 Å². The number of benzene rings is 2. The topological polar surface area (TPSA) is 108 Å². The summed E-state index contributed by atoms with van der Waals surface area (Å²) in [5.41, 5.74) is 0.104. The lowest BCUT2D eigenvalue weighted by Gasteiger charge is -2.37. The molecule has 7 nitrogen and oxygen atoms in total. The molecule has 180 valence electrons. The molecule has 3 rings (SSSR count). The summed E-state index contributed by atoms with van der Waals surface area (Å²) in [5.74, 6) is -2.92. The molecule has 3 atom stereocenters. The molecule has 3 aromatic rings. The van der Waals surface area contributed by atoms with Crippen LogP contribution in [0.25, 0.3) is 10.9 Å². The molecule has 0 radical (unpaired) electrons. The number of H-pyrrole nitrogens is 1. The molecule has 2 aromatic carbocycles. The summed E-state index contributed by atoms with van der Waals surface area (Å²) in [5, 5.41) is 14.7. The monoisotopic (exact) mass is 484 g/mol. The molecule has 1 aromatic heterocycles. The molecule has 1 amide bonds. The summed E-state index contributed by atoms with van der Waals surface area (Å²) in [7, 11) is 0. The van der Waals surface area contributed by atoms with E-state index in [1.807, 2.05) is 31.2 Å². The van der Waals surface area contributed by atoms with Crippen molar-refractivity contribution in [2.45, 2.75) is 57.6 Å². The van der Waals surface area contributed by atoms with Gasteiger partial charge >= 0.3 is 11.9 Å². The van der Waals surface area contributed by atoms with Crippen LogP contribution in [0.3, 0.4) is 0 Å². The number of hydrogen-bond donors (Lipinski definition) is 3. The molecular formula is C26H29ClN2O5. The van der Waals surface area contributed by atoms with E-state index in [0.29, 0.717) is 11.4 Å². The predicted octanol–water partition coefficient (Wildman–Crippen LogP) is 4.73. The van der Waals surface area contributed by atoms with Gasteiger partial charge < -0.3 is 20.1 Å². The number of carbonyl (C=O) groups is 3. The minimum atomic E-state index is -1.63. The van der Waals surface area contributed by atoms with Crippen molar-refractivity contribution < 1.29 is 24.2 Å². The molecule has 1 heterocycles. The van der Waals surface area contributed by atoms with E-state index < -0.39 is 35.4 Å². The third kappa shape index (κ3) is 5.66. The van der Waals surface area contributed by atoms with Crippen LogP contribution in [0, 0.1) is 0 Å². The van der Waals surface area contributed by atoms with Crippen molar-refractivity contribution in [3.8, 4) is 0 Å². The maximum Gasteiger partial charge on any atom is 0.345 e. The lowest BCUT2D eigenvalue weighted by Crippen LogP contribution is -2.57. The Labute approximate surface area is 203 Å². The number of halogens is 1. The Balaban J connectivity index is 2.04. The molecule has 0 fully saturated rings. The molecule has 3 unspecified atom stereocenters. The molecule has 34 heavy (non-hydrogen) atoms. The summed E-state index contributed by atoms with van der Waals surface area (Å²) < 4.78 is 5.25. The number of amides is 1. The standard InChI is InChI=1S/C26H29ClN2O5/c1-4-7-19(31)14-22(21-15-28-23-9-6-5-8-20(21)23)26(3,29-16(2)30)25(33)34-24(32)17-10-12-18(27)13-11-17/h5-6,8-13,15,19,22,28,31H,4,7,14H2,1-3H3,(H,29,30). The molecular weight excluding hydrogens is 456 g/mol. The van der Waals surface area contributed by atoms with Crippen molar-refractivity contribution in [2.24, 2.45) is 0 Å². The van der Waals surface area contributed by atoms with Gasteiger partial charge in [0.15, 0.2) is 0 Å². The van der Waals surface area contributed by atoms with Gasteiger partial charge in [0.25, 0.3) is 0 Å². The number of aromatic amines is 1. The molecule has 3 N–H and O–H groups in total. The second-order valence-corrected chi connectivity index (χ2v) is 9.02. The summed E-state index contributed by atoms with van der Waals surface area (Å²) >= 11 is 5.88. The fourth-order valence-electron chi connectivity index (χ4n) is 4.26. The number of fused-ring (bicyclic) bond motifs is 1. The Morgan fingerprint density at radius 2 is 1.82 bits per heavy atom. The number of aliphatic hydroxyl groups is 1. The largest absolute Gasteiger partial charge is 0.393 e. The Bertz CT molecular complexity index is 1170. The van der Waals surface area contributed by atoms with Gasteiger partial charge in [-0.05, 0) is 55.7 Å². The van der Waals surface area contributed by atoms with Crippen LogP contribution >= 0.6 is 11.6 Å². The third-order valence-corrected chi connectivity index (χ3v) is 6.20. The van der Waals surface area contributed by atoms with Crippen molar-refractivity contribution in [3.63, 3.8) is 0 Å². The maximum absolute atomic E-state index is 13.5. The lowest BCUT2D eigenvalue weighted by atomic mass is 9.76. The number of para-hydroxylation sites is 1. The van der Waals surface area contributed by atoms with Crippen LogP contribution in [-0.2, 0) is 14.3 Å². The van der Waals surface area contributed by atoms with Crippen LogP contribution < -0.4 is 5.32 Å². The second-order valence-electron chi connectivity index (χ2n) is 8.59. The molecule has 0 saturated heterocycles. The van der Waals surface area contributed by atoms with Gasteiger partial charge in [-0.1, -0.05) is 43.1 Å². The number of aliphatic hydroxyl groups excluding tert-OH is 1. The van der Waals surface area contributed by atoms with E-state index in [1.165, 1.54) is 38.1 Å². The SMILES string of the molecule is CCCC(O)CC(c1c[nH]c2ccccc12)C(C)(NC(C)=O)C(=O)OC(=O)c1ccc(Cl)cc1. The van der Waals surface area contributed by atoms with E-state index >= 15 is 0 Å². The van der Waals surface area contributed by atoms with Crippen LogP contribution in [0.15, 0.2) is 54.7 Å². The molecule has 0 spiro atoms. The lowest BCUT2D eigenvalue weighted by molar-refractivity contribution is -0.149. The van der Waals surface area contributed by atoms with Crippen molar-refractivity contribution in [2.75, 3.05) is 0 Å². The average Bonchev–Trinajstić information content (AvgIpc) is 3.21. The quantitative estimate of drug-likeness (QED) is 0.300. The fourth-order valence-corrected chi connectivity index (χ4v) is 4.39. The predicted molar refractivity (Wildman–Crippen MR) is 131 cm³/mol. The summed E-state index contributed by atoms with van der Waals surface area (Å²) in [6.45, 7) is 4.77. The molecule has 0 aliphatic rings. The van der Waals surface area contributed by atoms with Crippen LogP contribution in [0.5, 0.6) is 0 Å². The number of carbonyl (C=O) groups excluding carboxylic acids is 3. The number of esters is 2. The molecule has 8 heteroatoms. The normalized spacial score (nSPS) is 14.7. The summed E-state index contributed by atoms with van der Waals surface area (Å²) in [6.07, 6.45) is 2.49.